The summed E-state index contributed by atoms with van der Waals surface area (Å²) in [4.78, 5) is 0. The van der Waals surface area contributed by atoms with Crippen molar-refractivity contribution in [2.75, 3.05) is 12.4 Å². The van der Waals surface area contributed by atoms with Gasteiger partial charge < -0.3 is 4.74 Å². The van der Waals surface area contributed by atoms with Gasteiger partial charge in [-0.3, -0.25) is 5.41 Å². The highest BCUT2D eigenvalue weighted by molar-refractivity contribution is 9.09. The highest BCUT2D eigenvalue weighted by Crippen LogP contribution is 1.99. The van der Waals surface area contributed by atoms with Crippen LogP contribution >= 0.6 is 15.9 Å². The Morgan fingerprint density at radius 1 is 1.56 bits per heavy atom. The maximum absolute atomic E-state index is 7.08. The van der Waals surface area contributed by atoms with Crippen molar-refractivity contribution in [3.63, 3.8) is 0 Å². The van der Waals surface area contributed by atoms with E-state index in [0.29, 0.717) is 5.90 Å². The van der Waals surface area contributed by atoms with Gasteiger partial charge in [0.25, 0.3) is 0 Å². The fraction of sp³-hybridized carbons (Fsp3) is 0.833. The minimum absolute atomic E-state index is 0.385. The molecular formula is C6H12BrNO. The summed E-state index contributed by atoms with van der Waals surface area (Å²) in [7, 11) is 1.54. The molecule has 1 N–H and O–H groups in total. The Morgan fingerprint density at radius 2 is 2.22 bits per heavy atom. The summed E-state index contributed by atoms with van der Waals surface area (Å²) in [6.07, 6.45) is 2.92. The molecule has 0 aliphatic rings. The van der Waals surface area contributed by atoms with E-state index in [1.54, 1.807) is 0 Å². The summed E-state index contributed by atoms with van der Waals surface area (Å²) in [5.41, 5.74) is 0. The Bertz CT molecular complexity index is 85.1. The van der Waals surface area contributed by atoms with Crippen LogP contribution in [0.2, 0.25) is 0 Å². The SMILES string of the molecule is COC(=N)CCCCBr. The van der Waals surface area contributed by atoms with Gasteiger partial charge in [0.2, 0.25) is 0 Å². The van der Waals surface area contributed by atoms with E-state index in [9.17, 15) is 0 Å². The van der Waals surface area contributed by atoms with Crippen LogP contribution in [0.3, 0.4) is 0 Å². The number of hydrogen-bond acceptors (Lipinski definition) is 2. The van der Waals surface area contributed by atoms with E-state index in [2.05, 4.69) is 20.7 Å². The monoisotopic (exact) mass is 193 g/mol. The van der Waals surface area contributed by atoms with Gasteiger partial charge in [0.1, 0.15) is 0 Å². The van der Waals surface area contributed by atoms with Crippen molar-refractivity contribution >= 4 is 21.8 Å². The van der Waals surface area contributed by atoms with Crippen LogP contribution in [0.15, 0.2) is 0 Å². The Kier molecular flexibility index (Phi) is 6.04. The molecule has 0 saturated heterocycles. The van der Waals surface area contributed by atoms with Crippen LogP contribution in [0.5, 0.6) is 0 Å². The normalized spacial score (nSPS) is 9.11. The van der Waals surface area contributed by atoms with Gasteiger partial charge in [0, 0.05) is 11.8 Å². The quantitative estimate of drug-likeness (QED) is 0.316. The van der Waals surface area contributed by atoms with E-state index in [1.165, 1.54) is 7.11 Å². The van der Waals surface area contributed by atoms with Crippen LogP contribution in [0.4, 0.5) is 0 Å². The minimum atomic E-state index is 0.385. The Hall–Kier alpha value is -0.0500. The van der Waals surface area contributed by atoms with Crippen molar-refractivity contribution in [1.82, 2.24) is 0 Å². The number of unbranched alkanes of at least 4 members (excludes halogenated alkanes) is 1. The van der Waals surface area contributed by atoms with Gasteiger partial charge in [0.15, 0.2) is 5.90 Å². The standard InChI is InChI=1S/C6H12BrNO/c1-9-6(8)4-2-3-5-7/h8H,2-5H2,1H3. The summed E-state index contributed by atoms with van der Waals surface area (Å²) >= 11 is 3.31. The zero-order valence-electron chi connectivity index (χ0n) is 5.61. The average Bonchev–Trinajstić information content (AvgIpc) is 1.89. The zero-order chi connectivity index (χ0) is 7.11. The predicted molar refractivity (Wildman–Crippen MR) is 42.4 cm³/mol. The second-order valence-corrected chi connectivity index (χ2v) is 2.57. The number of nitrogens with one attached hydrogen (secondary N) is 1. The Morgan fingerprint density at radius 3 is 2.67 bits per heavy atom. The molecule has 0 radical (unpaired) electrons. The molecular weight excluding hydrogens is 182 g/mol. The van der Waals surface area contributed by atoms with E-state index in [1.807, 2.05) is 0 Å². The number of rotatable bonds is 4. The molecule has 0 spiro atoms. The lowest BCUT2D eigenvalue weighted by Gasteiger charge is -1.98. The number of methoxy groups -OCH3 is 1. The van der Waals surface area contributed by atoms with E-state index >= 15 is 0 Å². The molecule has 0 aromatic heterocycles. The van der Waals surface area contributed by atoms with E-state index in [4.69, 9.17) is 5.41 Å². The molecule has 0 heterocycles. The van der Waals surface area contributed by atoms with Crippen molar-refractivity contribution in [2.24, 2.45) is 0 Å². The molecule has 54 valence electrons. The predicted octanol–water partition coefficient (Wildman–Crippen LogP) is 2.18. The first-order chi connectivity index (χ1) is 4.31. The average molecular weight is 194 g/mol. The van der Waals surface area contributed by atoms with Crippen LogP contribution < -0.4 is 0 Å². The lowest BCUT2D eigenvalue weighted by molar-refractivity contribution is 0.384. The second kappa shape index (κ2) is 6.08. The number of ether oxygens (including phenoxy) is 1. The fourth-order valence-corrected chi connectivity index (χ4v) is 0.879. The Labute approximate surface area is 64.2 Å². The van der Waals surface area contributed by atoms with Crippen LogP contribution in [0.25, 0.3) is 0 Å². The van der Waals surface area contributed by atoms with E-state index in [-0.39, 0.29) is 0 Å². The fourth-order valence-electron chi connectivity index (χ4n) is 0.482. The van der Waals surface area contributed by atoms with Crippen LogP contribution in [-0.2, 0) is 4.74 Å². The smallest absolute Gasteiger partial charge is 0.180 e. The molecule has 0 unspecified atom stereocenters. The van der Waals surface area contributed by atoms with Crippen molar-refractivity contribution in [2.45, 2.75) is 19.3 Å². The van der Waals surface area contributed by atoms with Gasteiger partial charge >= 0.3 is 0 Å². The molecule has 0 atom stereocenters. The third kappa shape index (κ3) is 5.83. The highest BCUT2D eigenvalue weighted by Gasteiger charge is 1.92. The zero-order valence-corrected chi connectivity index (χ0v) is 7.20. The van der Waals surface area contributed by atoms with Crippen molar-refractivity contribution in [3.05, 3.63) is 0 Å². The molecule has 0 aliphatic carbocycles. The van der Waals surface area contributed by atoms with Gasteiger partial charge in [0.05, 0.1) is 7.11 Å². The van der Waals surface area contributed by atoms with Crippen LogP contribution in [0, 0.1) is 5.41 Å². The number of hydrogen-bond donors (Lipinski definition) is 1. The number of halogens is 1. The molecule has 3 heteroatoms. The van der Waals surface area contributed by atoms with Gasteiger partial charge in [-0.25, -0.2) is 0 Å². The molecule has 0 fully saturated rings. The maximum atomic E-state index is 7.08. The minimum Gasteiger partial charge on any atom is -0.484 e. The largest absolute Gasteiger partial charge is 0.484 e. The first-order valence-electron chi connectivity index (χ1n) is 2.98. The summed E-state index contributed by atoms with van der Waals surface area (Å²) < 4.78 is 4.66. The second-order valence-electron chi connectivity index (χ2n) is 1.77. The van der Waals surface area contributed by atoms with Crippen molar-refractivity contribution in [1.29, 1.82) is 5.41 Å². The third-order valence-electron chi connectivity index (χ3n) is 1.03. The van der Waals surface area contributed by atoms with Crippen molar-refractivity contribution in [3.8, 4) is 0 Å². The van der Waals surface area contributed by atoms with Crippen LogP contribution in [-0.4, -0.2) is 18.3 Å². The van der Waals surface area contributed by atoms with Gasteiger partial charge in [-0.15, -0.1) is 0 Å². The van der Waals surface area contributed by atoms with Gasteiger partial charge in [-0.1, -0.05) is 15.9 Å². The third-order valence-corrected chi connectivity index (χ3v) is 1.59. The number of alkyl halides is 1. The summed E-state index contributed by atoms with van der Waals surface area (Å²) in [6.45, 7) is 0. The first-order valence-corrected chi connectivity index (χ1v) is 4.10. The molecule has 0 aliphatic heterocycles. The lowest BCUT2D eigenvalue weighted by atomic mass is 10.2. The molecule has 0 saturated carbocycles. The van der Waals surface area contributed by atoms with Gasteiger partial charge in [-0.2, -0.15) is 0 Å². The molecule has 2 nitrogen and oxygen atoms in total. The van der Waals surface area contributed by atoms with Crippen LogP contribution in [0.1, 0.15) is 19.3 Å². The van der Waals surface area contributed by atoms with E-state index < -0.39 is 0 Å². The molecule has 0 bridgehead atoms. The van der Waals surface area contributed by atoms with E-state index in [0.717, 1.165) is 24.6 Å². The first kappa shape index (κ1) is 8.95. The lowest BCUT2D eigenvalue weighted by Crippen LogP contribution is -1.97. The summed E-state index contributed by atoms with van der Waals surface area (Å²) in [5.74, 6) is 0.385. The molecule has 0 rings (SSSR count). The molecule has 0 amide bonds. The Balaban J connectivity index is 2.97. The molecule has 0 aromatic rings. The van der Waals surface area contributed by atoms with Crippen molar-refractivity contribution < 1.29 is 4.74 Å². The topological polar surface area (TPSA) is 33.1 Å². The summed E-state index contributed by atoms with van der Waals surface area (Å²) in [6, 6.07) is 0. The summed E-state index contributed by atoms with van der Waals surface area (Å²) in [5, 5.41) is 8.10. The highest BCUT2D eigenvalue weighted by atomic mass is 79.9. The van der Waals surface area contributed by atoms with Gasteiger partial charge in [-0.05, 0) is 12.8 Å². The molecule has 9 heavy (non-hydrogen) atoms. The molecule has 0 aromatic carbocycles. The maximum Gasteiger partial charge on any atom is 0.180 e.